The van der Waals surface area contributed by atoms with Crippen molar-refractivity contribution in [3.05, 3.63) is 18.2 Å². The molecule has 54 heavy (non-hydrogen) atoms. The van der Waals surface area contributed by atoms with E-state index in [9.17, 15) is 33.6 Å². The number of hydrogen-bond donors (Lipinski definition) is 16. The van der Waals surface area contributed by atoms with Gasteiger partial charge in [-0.1, -0.05) is 0 Å². The minimum absolute atomic E-state index is 0.263. The van der Waals surface area contributed by atoms with E-state index in [-0.39, 0.29) is 12.8 Å². The lowest BCUT2D eigenvalue weighted by molar-refractivity contribution is -0.141. The number of nitrogens with zero attached hydrogens (tertiary/aromatic N) is 1. The molecule has 1 aromatic rings. The molecule has 0 aliphatic rings. The van der Waals surface area contributed by atoms with Crippen molar-refractivity contribution in [3.8, 4) is 0 Å². The van der Waals surface area contributed by atoms with Crippen molar-refractivity contribution in [3.63, 3.8) is 0 Å². The first-order valence-corrected chi connectivity index (χ1v) is 18.0. The van der Waals surface area contributed by atoms with Crippen LogP contribution in [0.5, 0.6) is 0 Å². The highest BCUT2D eigenvalue weighted by Crippen LogP contribution is 1.99. The number of nitrogens with one attached hydrogen (secondary N) is 1. The van der Waals surface area contributed by atoms with Crippen molar-refractivity contribution in [1.29, 1.82) is 0 Å². The van der Waals surface area contributed by atoms with E-state index >= 15 is 0 Å². The van der Waals surface area contributed by atoms with Crippen LogP contribution in [0, 0.1) is 0 Å². The van der Waals surface area contributed by atoms with Crippen LogP contribution in [0.3, 0.4) is 0 Å². The monoisotopic (exact) mass is 823 g/mol. The van der Waals surface area contributed by atoms with Gasteiger partial charge < -0.3 is 86.0 Å². The molecule has 0 fully saturated rings. The zero-order chi connectivity index (χ0) is 43.7. The molecule has 24 nitrogen and oxygen atoms in total. The Bertz CT molecular complexity index is 1150. The summed E-state index contributed by atoms with van der Waals surface area (Å²) in [6.07, 6.45) is 6.07. The third kappa shape index (κ3) is 40.6. The van der Waals surface area contributed by atoms with Crippen LogP contribution in [-0.4, -0.2) is 165 Å². The minimum Gasteiger partial charge on any atom is -0.480 e. The van der Waals surface area contributed by atoms with Gasteiger partial charge in [-0.15, -0.1) is 0 Å². The molecule has 0 saturated carbocycles. The molecule has 1 amide bonds. The molecular formula is C28H57N9O15S2. The molecule has 26 heteroatoms. The predicted octanol–water partition coefficient (Wildman–Crippen LogP) is -4.50. The van der Waals surface area contributed by atoms with Gasteiger partial charge in [0.25, 0.3) is 0 Å². The number of aliphatic hydroxyl groups excluding tert-OH is 2. The Hall–Kier alpha value is -4.12. The second kappa shape index (κ2) is 35.9. The topological polar surface area (TPSA) is 492 Å². The van der Waals surface area contributed by atoms with E-state index in [4.69, 9.17) is 75.3 Å². The molecule has 8 atom stereocenters. The maximum absolute atomic E-state index is 10.3. The summed E-state index contributed by atoms with van der Waals surface area (Å²) in [7, 11) is 0. The fourth-order valence-electron chi connectivity index (χ4n) is 2.17. The number of imidazole rings is 1. The fraction of sp³-hybridized carbons (Fsp3) is 0.643. The Kier molecular flexibility index (Phi) is 39.3. The molecule has 0 aromatic carbocycles. The maximum atomic E-state index is 10.3. The average molecular weight is 824 g/mol. The number of carbonyl (C=O) groups is 7. The van der Waals surface area contributed by atoms with Crippen molar-refractivity contribution in [2.24, 2.45) is 40.1 Å². The first-order valence-electron chi connectivity index (χ1n) is 15.2. The zero-order valence-electron chi connectivity index (χ0n) is 30.3. The number of carboxylic acids is 6. The fourth-order valence-corrected chi connectivity index (χ4v) is 3.15. The van der Waals surface area contributed by atoms with Gasteiger partial charge in [0.2, 0.25) is 5.91 Å². The smallest absolute Gasteiger partial charge is 0.323 e. The number of rotatable bonds is 18. The maximum Gasteiger partial charge on any atom is 0.323 e. The van der Waals surface area contributed by atoms with E-state index in [1.165, 1.54) is 20.2 Å². The van der Waals surface area contributed by atoms with Crippen LogP contribution in [0.25, 0.3) is 0 Å². The number of aromatic amines is 1. The predicted molar refractivity (Wildman–Crippen MR) is 199 cm³/mol. The minimum atomic E-state index is -1.21. The summed E-state index contributed by atoms with van der Waals surface area (Å²) in [5.41, 5.74) is 35.7. The summed E-state index contributed by atoms with van der Waals surface area (Å²) in [5.74, 6) is -5.49. The van der Waals surface area contributed by atoms with E-state index in [1.54, 1.807) is 29.7 Å². The van der Waals surface area contributed by atoms with Crippen LogP contribution in [0.1, 0.15) is 38.8 Å². The molecule has 316 valence electrons. The third-order valence-corrected chi connectivity index (χ3v) is 6.84. The summed E-state index contributed by atoms with van der Waals surface area (Å²) < 4.78 is 0. The first-order chi connectivity index (χ1) is 24.7. The van der Waals surface area contributed by atoms with Crippen LogP contribution in [0.15, 0.2) is 12.5 Å². The number of aliphatic carboxylic acids is 6. The number of nitrogens with two attached hydrogens (primary N) is 7. The Morgan fingerprint density at radius 2 is 0.963 bits per heavy atom. The number of carbonyl (C=O) groups excluding carboxylic acids is 1. The molecule has 0 spiro atoms. The number of H-pyrrole nitrogens is 1. The summed E-state index contributed by atoms with van der Waals surface area (Å²) in [6.45, 7) is 2.66. The second-order valence-electron chi connectivity index (χ2n) is 10.5. The normalized spacial score (nSPS) is 14.2. The summed E-state index contributed by atoms with van der Waals surface area (Å²) in [4.78, 5) is 76.6. The third-order valence-electron chi connectivity index (χ3n) is 5.55. The lowest BCUT2D eigenvalue weighted by Gasteiger charge is -2.07. The molecule has 0 aliphatic heterocycles. The molecule has 0 bridgehead atoms. The molecule has 0 saturated heterocycles. The molecule has 0 radical (unpaired) electrons. The van der Waals surface area contributed by atoms with Crippen molar-refractivity contribution in [2.45, 2.75) is 88.0 Å². The van der Waals surface area contributed by atoms with Crippen LogP contribution in [0.2, 0.25) is 0 Å². The number of amides is 1. The largest absolute Gasteiger partial charge is 0.480 e. The van der Waals surface area contributed by atoms with Gasteiger partial charge in [-0.3, -0.25) is 33.6 Å². The van der Waals surface area contributed by atoms with Gasteiger partial charge in [-0.05, 0) is 50.7 Å². The molecular weight excluding hydrogens is 766 g/mol. The SMILES string of the molecule is CC(O)C(N)C(=O)O.CC(O)C(N)C(=O)O.CSCCC(N)C(=O)O.CSCCC(N)C(=O)O.NC(=O)CC(N)C(=O)O.NC(Cc1c[nH]cn1)C(=O)O. The molecule has 8 unspecified atom stereocenters. The van der Waals surface area contributed by atoms with Gasteiger partial charge in [-0.2, -0.15) is 23.5 Å². The summed E-state index contributed by atoms with van der Waals surface area (Å²) >= 11 is 3.21. The van der Waals surface area contributed by atoms with Gasteiger partial charge in [0, 0.05) is 12.6 Å². The number of carboxylic acid groups (broad SMARTS) is 6. The highest BCUT2D eigenvalue weighted by molar-refractivity contribution is 7.98. The number of aliphatic hydroxyl groups is 2. The van der Waals surface area contributed by atoms with Gasteiger partial charge in [0.1, 0.15) is 36.3 Å². The van der Waals surface area contributed by atoms with Crippen molar-refractivity contribution in [1.82, 2.24) is 9.97 Å². The van der Waals surface area contributed by atoms with Gasteiger partial charge in [0.15, 0.2) is 0 Å². The highest BCUT2D eigenvalue weighted by atomic mass is 32.2. The van der Waals surface area contributed by atoms with E-state index in [0.29, 0.717) is 18.5 Å². The number of primary amides is 1. The van der Waals surface area contributed by atoms with E-state index in [0.717, 1.165) is 11.5 Å². The molecule has 23 N–H and O–H groups in total. The van der Waals surface area contributed by atoms with Crippen molar-refractivity contribution < 1.29 is 74.4 Å². The lowest BCUT2D eigenvalue weighted by Crippen LogP contribution is -2.39. The van der Waals surface area contributed by atoms with Crippen LogP contribution in [0.4, 0.5) is 0 Å². The molecule has 0 aliphatic carbocycles. The second-order valence-corrected chi connectivity index (χ2v) is 12.5. The van der Waals surface area contributed by atoms with Gasteiger partial charge in [-0.25, -0.2) is 4.98 Å². The number of thioether (sulfide) groups is 2. The van der Waals surface area contributed by atoms with E-state index in [2.05, 4.69) is 15.7 Å². The number of hydrogen-bond acceptors (Lipinski definition) is 18. The molecule has 1 heterocycles. The quantitative estimate of drug-likeness (QED) is 0.0663. The molecule has 1 aromatic heterocycles. The Balaban J connectivity index is -0.000000179. The first kappa shape index (κ1) is 59.2. The van der Waals surface area contributed by atoms with Crippen molar-refractivity contribution >= 4 is 65.2 Å². The molecule has 1 rings (SSSR count). The zero-order valence-corrected chi connectivity index (χ0v) is 31.9. The summed E-state index contributed by atoms with van der Waals surface area (Å²) in [6, 6.07) is -5.71. The van der Waals surface area contributed by atoms with Crippen LogP contribution >= 0.6 is 23.5 Å². The van der Waals surface area contributed by atoms with Crippen molar-refractivity contribution in [2.75, 3.05) is 24.0 Å². The van der Waals surface area contributed by atoms with Crippen LogP contribution in [-0.2, 0) is 40.0 Å². The lowest BCUT2D eigenvalue weighted by atomic mass is 10.2. The van der Waals surface area contributed by atoms with Crippen LogP contribution < -0.4 is 40.1 Å². The van der Waals surface area contributed by atoms with Gasteiger partial charge in [0.05, 0.1) is 30.7 Å². The number of aromatic nitrogens is 2. The van der Waals surface area contributed by atoms with Gasteiger partial charge >= 0.3 is 35.8 Å². The summed E-state index contributed by atoms with van der Waals surface area (Å²) in [5, 5.41) is 66.2. The average Bonchev–Trinajstić information content (AvgIpc) is 3.59. The standard InChI is InChI=1S/C6H9N3O2.2C5H11NO2S.C4H8N2O3.2C4H9NO3/c7-5(6(10)11)1-4-2-8-3-9-4;2*1-9-3-2-4(6)5(7)8;5-2(4(8)9)1-3(6)7;2*1-2(6)3(5)4(7)8/h2-3,5H,1,7H2,(H,8,9)(H,10,11);2*4H,2-3,6H2,1H3,(H,7,8);2H,1,5H2,(H2,6,7)(H,8,9);2*2-3,6H,5H2,1H3,(H,7,8). The Labute approximate surface area is 319 Å². The highest BCUT2D eigenvalue weighted by Gasteiger charge is 2.17. The van der Waals surface area contributed by atoms with E-state index < -0.39 is 90.2 Å². The Morgan fingerprint density at radius 3 is 1.13 bits per heavy atom. The Morgan fingerprint density at radius 1 is 0.630 bits per heavy atom. The van der Waals surface area contributed by atoms with E-state index in [1.807, 2.05) is 12.5 Å².